The molecule has 10 heavy (non-hydrogen) atoms. The molecular formula is C9H21N. The van der Waals surface area contributed by atoms with Crippen molar-refractivity contribution in [1.29, 1.82) is 0 Å². The fourth-order valence-corrected chi connectivity index (χ4v) is 0.248. The third-order valence-electron chi connectivity index (χ3n) is 0.814. The molecule has 0 atom stereocenters. The molecule has 0 aliphatic rings. The maximum absolute atomic E-state index is 5.08. The van der Waals surface area contributed by atoms with Crippen LogP contribution in [0.3, 0.4) is 0 Å². The topological polar surface area (TPSA) is 26.0 Å². The predicted molar refractivity (Wildman–Crippen MR) is 50.8 cm³/mol. The van der Waals surface area contributed by atoms with E-state index in [4.69, 9.17) is 5.73 Å². The summed E-state index contributed by atoms with van der Waals surface area (Å²) in [6, 6.07) is 0. The lowest BCUT2D eigenvalue weighted by atomic mass is 10.3. The fourth-order valence-electron chi connectivity index (χ4n) is 0.248. The molecular weight excluding hydrogens is 122 g/mol. The first-order valence-electron chi connectivity index (χ1n) is 3.32. The highest BCUT2D eigenvalue weighted by Gasteiger charge is 1.70. The van der Waals surface area contributed by atoms with Gasteiger partial charge in [0, 0.05) is 0 Å². The molecule has 0 amide bonds. The summed E-state index contributed by atoms with van der Waals surface area (Å²) in [6.45, 7) is 7.98. The van der Waals surface area contributed by atoms with Crippen LogP contribution < -0.4 is 5.73 Å². The van der Waals surface area contributed by atoms with Gasteiger partial charge in [-0.3, -0.25) is 0 Å². The van der Waals surface area contributed by atoms with Crippen LogP contribution in [0.2, 0.25) is 0 Å². The minimum atomic E-state index is 0. The SMILES string of the molecule is C.C/C=C(C)\C=C/N.CC. The van der Waals surface area contributed by atoms with Crippen molar-refractivity contribution in [1.82, 2.24) is 0 Å². The van der Waals surface area contributed by atoms with E-state index in [0.717, 1.165) is 0 Å². The molecule has 2 N–H and O–H groups in total. The lowest BCUT2D eigenvalue weighted by molar-refractivity contribution is 1.45. The van der Waals surface area contributed by atoms with E-state index in [1.807, 2.05) is 39.8 Å². The van der Waals surface area contributed by atoms with Gasteiger partial charge in [-0.25, -0.2) is 0 Å². The Morgan fingerprint density at radius 1 is 1.30 bits per heavy atom. The van der Waals surface area contributed by atoms with E-state index in [0.29, 0.717) is 0 Å². The van der Waals surface area contributed by atoms with Gasteiger partial charge < -0.3 is 5.73 Å². The molecule has 0 aromatic rings. The molecule has 1 heteroatoms. The first-order valence-corrected chi connectivity index (χ1v) is 3.32. The average Bonchev–Trinajstić information content (AvgIpc) is 1.93. The highest BCUT2D eigenvalue weighted by atomic mass is 14.5. The van der Waals surface area contributed by atoms with Gasteiger partial charge in [0.15, 0.2) is 0 Å². The normalized spacial score (nSPS) is 9.80. The van der Waals surface area contributed by atoms with Gasteiger partial charge in [0.25, 0.3) is 0 Å². The third kappa shape index (κ3) is 15.7. The maximum atomic E-state index is 5.08. The summed E-state index contributed by atoms with van der Waals surface area (Å²) < 4.78 is 0. The molecule has 0 aliphatic carbocycles. The van der Waals surface area contributed by atoms with Crippen LogP contribution in [0.1, 0.15) is 35.1 Å². The Balaban J connectivity index is -0.000000149. The van der Waals surface area contributed by atoms with E-state index < -0.39 is 0 Å². The van der Waals surface area contributed by atoms with Crippen molar-refractivity contribution in [3.05, 3.63) is 23.9 Å². The Labute approximate surface area is 65.6 Å². The molecule has 0 aliphatic heterocycles. The third-order valence-corrected chi connectivity index (χ3v) is 0.814. The van der Waals surface area contributed by atoms with Crippen molar-refractivity contribution in [3.63, 3.8) is 0 Å². The predicted octanol–water partition coefficient (Wildman–Crippen LogP) is 3.09. The summed E-state index contributed by atoms with van der Waals surface area (Å²) in [7, 11) is 0. The zero-order valence-electron chi connectivity index (χ0n) is 6.81. The second-order valence-corrected chi connectivity index (χ2v) is 1.39. The second kappa shape index (κ2) is 15.7. The van der Waals surface area contributed by atoms with Crippen molar-refractivity contribution in [2.75, 3.05) is 0 Å². The smallest absolute Gasteiger partial charge is 0.00598 e. The molecule has 62 valence electrons. The van der Waals surface area contributed by atoms with E-state index >= 15 is 0 Å². The van der Waals surface area contributed by atoms with Gasteiger partial charge >= 0.3 is 0 Å². The molecule has 1 nitrogen and oxygen atoms in total. The van der Waals surface area contributed by atoms with E-state index in [-0.39, 0.29) is 7.43 Å². The lowest BCUT2D eigenvalue weighted by Crippen LogP contribution is -1.75. The van der Waals surface area contributed by atoms with Crippen LogP contribution in [0.5, 0.6) is 0 Å². The Morgan fingerprint density at radius 2 is 1.70 bits per heavy atom. The molecule has 0 heterocycles. The molecule has 0 saturated carbocycles. The Hall–Kier alpha value is -0.720. The molecule has 0 bridgehead atoms. The van der Waals surface area contributed by atoms with Crippen LogP contribution in [-0.4, -0.2) is 0 Å². The van der Waals surface area contributed by atoms with E-state index in [2.05, 4.69) is 0 Å². The molecule has 0 aromatic heterocycles. The summed E-state index contributed by atoms with van der Waals surface area (Å²) in [5.41, 5.74) is 6.28. The van der Waals surface area contributed by atoms with Crippen molar-refractivity contribution in [2.24, 2.45) is 5.73 Å². The summed E-state index contributed by atoms with van der Waals surface area (Å²) in [5, 5.41) is 0. The standard InChI is InChI=1S/C6H11N.C2H6.CH4/c1-3-6(2)4-5-7;1-2;/h3-5H,7H2,1-2H3;1-2H3;1H4/b5-4-,6-3-;;. The lowest BCUT2D eigenvalue weighted by Gasteiger charge is -1.81. The van der Waals surface area contributed by atoms with Crippen molar-refractivity contribution >= 4 is 0 Å². The van der Waals surface area contributed by atoms with Gasteiger partial charge in [-0.05, 0) is 26.1 Å². The zero-order valence-corrected chi connectivity index (χ0v) is 6.81. The van der Waals surface area contributed by atoms with Crippen LogP contribution in [-0.2, 0) is 0 Å². The second-order valence-electron chi connectivity index (χ2n) is 1.39. The number of rotatable bonds is 1. The highest BCUT2D eigenvalue weighted by Crippen LogP contribution is 1.89. The highest BCUT2D eigenvalue weighted by molar-refractivity contribution is 5.13. The summed E-state index contributed by atoms with van der Waals surface area (Å²) in [4.78, 5) is 0. The Bertz CT molecular complexity index is 90.9. The van der Waals surface area contributed by atoms with Crippen LogP contribution in [0.25, 0.3) is 0 Å². The van der Waals surface area contributed by atoms with Crippen molar-refractivity contribution < 1.29 is 0 Å². The van der Waals surface area contributed by atoms with Gasteiger partial charge in [0.1, 0.15) is 0 Å². The van der Waals surface area contributed by atoms with Gasteiger partial charge in [0.05, 0.1) is 0 Å². The van der Waals surface area contributed by atoms with Gasteiger partial charge in [0.2, 0.25) is 0 Å². The summed E-state index contributed by atoms with van der Waals surface area (Å²) in [5.74, 6) is 0. The molecule has 0 unspecified atom stereocenters. The molecule has 0 saturated heterocycles. The summed E-state index contributed by atoms with van der Waals surface area (Å²) in [6.07, 6.45) is 5.40. The minimum absolute atomic E-state index is 0. The quantitative estimate of drug-likeness (QED) is 0.561. The molecule has 0 spiro atoms. The number of allylic oxidation sites excluding steroid dienone is 3. The van der Waals surface area contributed by atoms with Gasteiger partial charge in [-0.2, -0.15) is 0 Å². The zero-order chi connectivity index (χ0) is 7.70. The minimum Gasteiger partial charge on any atom is -0.405 e. The maximum Gasteiger partial charge on any atom is -0.00598 e. The molecule has 0 fully saturated rings. The van der Waals surface area contributed by atoms with E-state index in [1.54, 1.807) is 0 Å². The van der Waals surface area contributed by atoms with Crippen LogP contribution in [0.15, 0.2) is 23.9 Å². The number of nitrogens with two attached hydrogens (primary N) is 1. The van der Waals surface area contributed by atoms with Crippen molar-refractivity contribution in [3.8, 4) is 0 Å². The van der Waals surface area contributed by atoms with Crippen LogP contribution in [0, 0.1) is 0 Å². The first kappa shape index (κ1) is 16.1. The van der Waals surface area contributed by atoms with Gasteiger partial charge in [-0.1, -0.05) is 32.9 Å². The monoisotopic (exact) mass is 143 g/mol. The van der Waals surface area contributed by atoms with Crippen molar-refractivity contribution in [2.45, 2.75) is 35.1 Å². The average molecular weight is 143 g/mol. The fraction of sp³-hybridized carbons (Fsp3) is 0.556. The largest absolute Gasteiger partial charge is 0.405 e. The van der Waals surface area contributed by atoms with E-state index in [9.17, 15) is 0 Å². The number of hydrogen-bond donors (Lipinski definition) is 1. The molecule has 0 aromatic carbocycles. The van der Waals surface area contributed by atoms with E-state index in [1.165, 1.54) is 11.8 Å². The van der Waals surface area contributed by atoms with Gasteiger partial charge in [-0.15, -0.1) is 0 Å². The Morgan fingerprint density at radius 3 is 1.80 bits per heavy atom. The molecule has 0 rings (SSSR count). The number of hydrogen-bond acceptors (Lipinski definition) is 1. The summed E-state index contributed by atoms with van der Waals surface area (Å²) >= 11 is 0. The Kier molecular flexibility index (Phi) is 25.4. The first-order chi connectivity index (χ1) is 4.31. The van der Waals surface area contributed by atoms with Crippen LogP contribution in [0.4, 0.5) is 0 Å². The van der Waals surface area contributed by atoms with Crippen LogP contribution >= 0.6 is 0 Å². The molecule has 0 radical (unpaired) electrons.